The summed E-state index contributed by atoms with van der Waals surface area (Å²) in [6, 6.07) is 3.68. The van der Waals surface area contributed by atoms with E-state index in [4.69, 9.17) is 16.3 Å². The number of anilines is 1. The summed E-state index contributed by atoms with van der Waals surface area (Å²) in [7, 11) is 0. The highest BCUT2D eigenvalue weighted by atomic mass is 35.5. The van der Waals surface area contributed by atoms with Crippen LogP contribution in [0.2, 0.25) is 5.02 Å². The Morgan fingerprint density at radius 1 is 1.42 bits per heavy atom. The number of nitrogens with zero attached hydrogens (tertiary/aromatic N) is 1. The van der Waals surface area contributed by atoms with Crippen molar-refractivity contribution in [3.05, 3.63) is 38.9 Å². The minimum Gasteiger partial charge on any atom is -0.484 e. The summed E-state index contributed by atoms with van der Waals surface area (Å²) >= 11 is 7.72. The third-order valence-electron chi connectivity index (χ3n) is 4.21. The molecule has 128 valence electrons. The van der Waals surface area contributed by atoms with Crippen LogP contribution in [0.3, 0.4) is 0 Å². The molecule has 0 bridgehead atoms. The first-order valence-corrected chi connectivity index (χ1v) is 9.30. The summed E-state index contributed by atoms with van der Waals surface area (Å²) in [5, 5.41) is 4.25. The molecular formula is C18H21ClN2O2S. The molecule has 1 amide bonds. The van der Waals surface area contributed by atoms with Crippen molar-refractivity contribution in [2.45, 2.75) is 40.0 Å². The number of rotatable bonds is 4. The van der Waals surface area contributed by atoms with E-state index in [0.29, 0.717) is 16.8 Å². The average molecular weight is 365 g/mol. The highest BCUT2D eigenvalue weighted by Gasteiger charge is 2.20. The van der Waals surface area contributed by atoms with Gasteiger partial charge in [-0.05, 0) is 62.3 Å². The summed E-state index contributed by atoms with van der Waals surface area (Å²) in [5.74, 6) is 1.15. The van der Waals surface area contributed by atoms with E-state index in [-0.39, 0.29) is 12.5 Å². The standard InChI is InChI=1S/C18H21ClN2O2S/c1-10-4-5-14-15(6-10)24-18(20-14)21-16(22)9-23-13-7-11(2)17(19)12(3)8-13/h7-8,10H,4-6,9H2,1-3H3,(H,20,21,22). The summed E-state index contributed by atoms with van der Waals surface area (Å²) in [6.07, 6.45) is 3.23. The Bertz CT molecular complexity index is 749. The van der Waals surface area contributed by atoms with Gasteiger partial charge in [0.15, 0.2) is 11.7 Å². The Labute approximate surface area is 151 Å². The Hall–Kier alpha value is -1.59. The van der Waals surface area contributed by atoms with Gasteiger partial charge in [-0.3, -0.25) is 10.1 Å². The quantitative estimate of drug-likeness (QED) is 0.865. The zero-order chi connectivity index (χ0) is 17.3. The zero-order valence-corrected chi connectivity index (χ0v) is 15.7. The fourth-order valence-electron chi connectivity index (χ4n) is 2.89. The number of halogens is 1. The van der Waals surface area contributed by atoms with Gasteiger partial charge in [0.05, 0.1) is 5.69 Å². The largest absolute Gasteiger partial charge is 0.484 e. The fourth-order valence-corrected chi connectivity index (χ4v) is 4.18. The molecule has 1 aromatic carbocycles. The lowest BCUT2D eigenvalue weighted by molar-refractivity contribution is -0.118. The van der Waals surface area contributed by atoms with Crippen molar-refractivity contribution in [1.29, 1.82) is 0 Å². The normalized spacial score (nSPS) is 16.6. The molecule has 6 heteroatoms. The molecule has 4 nitrogen and oxygen atoms in total. The van der Waals surface area contributed by atoms with E-state index in [0.717, 1.165) is 34.7 Å². The molecule has 0 radical (unpaired) electrons. The molecule has 1 heterocycles. The first-order chi connectivity index (χ1) is 11.4. The van der Waals surface area contributed by atoms with Crippen molar-refractivity contribution in [2.24, 2.45) is 5.92 Å². The van der Waals surface area contributed by atoms with Crippen molar-refractivity contribution < 1.29 is 9.53 Å². The lowest BCUT2D eigenvalue weighted by atomic mass is 9.93. The number of nitrogens with one attached hydrogen (secondary N) is 1. The number of aryl methyl sites for hydroxylation is 3. The molecule has 24 heavy (non-hydrogen) atoms. The monoisotopic (exact) mass is 364 g/mol. The van der Waals surface area contributed by atoms with Crippen LogP contribution in [0.5, 0.6) is 5.75 Å². The van der Waals surface area contributed by atoms with Crippen LogP contribution in [0.4, 0.5) is 5.13 Å². The van der Waals surface area contributed by atoms with Gasteiger partial charge in [-0.1, -0.05) is 18.5 Å². The highest BCUT2D eigenvalue weighted by molar-refractivity contribution is 7.15. The van der Waals surface area contributed by atoms with Crippen LogP contribution in [0.25, 0.3) is 0 Å². The Balaban J connectivity index is 1.58. The van der Waals surface area contributed by atoms with E-state index in [2.05, 4.69) is 17.2 Å². The molecule has 1 atom stereocenters. The zero-order valence-electron chi connectivity index (χ0n) is 14.1. The molecule has 1 aromatic heterocycles. The van der Waals surface area contributed by atoms with Gasteiger partial charge >= 0.3 is 0 Å². The molecule has 1 aliphatic rings. The van der Waals surface area contributed by atoms with Crippen molar-refractivity contribution in [3.63, 3.8) is 0 Å². The van der Waals surface area contributed by atoms with E-state index in [1.54, 1.807) is 11.3 Å². The molecule has 2 aromatic rings. The predicted molar refractivity (Wildman–Crippen MR) is 98.4 cm³/mol. The third-order valence-corrected chi connectivity index (χ3v) is 5.84. The molecule has 3 rings (SSSR count). The van der Waals surface area contributed by atoms with E-state index >= 15 is 0 Å². The number of hydrogen-bond acceptors (Lipinski definition) is 4. The lowest BCUT2D eigenvalue weighted by Crippen LogP contribution is -2.20. The van der Waals surface area contributed by atoms with Gasteiger partial charge in [-0.25, -0.2) is 4.98 Å². The summed E-state index contributed by atoms with van der Waals surface area (Å²) in [5.41, 5.74) is 3.01. The van der Waals surface area contributed by atoms with Gasteiger partial charge in [-0.2, -0.15) is 0 Å². The molecule has 0 fully saturated rings. The number of amides is 1. The van der Waals surface area contributed by atoms with Gasteiger partial charge in [0.1, 0.15) is 5.75 Å². The van der Waals surface area contributed by atoms with Crippen molar-refractivity contribution in [3.8, 4) is 5.75 Å². The number of benzene rings is 1. The minimum atomic E-state index is -0.195. The van der Waals surface area contributed by atoms with Crippen LogP contribution in [0, 0.1) is 19.8 Å². The number of carbonyl (C=O) groups excluding carboxylic acids is 1. The molecule has 0 aliphatic heterocycles. The Kier molecular flexibility index (Phi) is 5.11. The predicted octanol–water partition coefficient (Wildman–Crippen LogP) is 4.56. The van der Waals surface area contributed by atoms with Gasteiger partial charge < -0.3 is 4.74 Å². The van der Waals surface area contributed by atoms with Gasteiger partial charge in [0, 0.05) is 9.90 Å². The molecular weight excluding hydrogens is 344 g/mol. The van der Waals surface area contributed by atoms with Crippen LogP contribution in [0.15, 0.2) is 12.1 Å². The van der Waals surface area contributed by atoms with Crippen molar-refractivity contribution in [1.82, 2.24) is 4.98 Å². The maximum absolute atomic E-state index is 12.1. The van der Waals surface area contributed by atoms with E-state index < -0.39 is 0 Å². The van der Waals surface area contributed by atoms with Gasteiger partial charge in [0.2, 0.25) is 0 Å². The van der Waals surface area contributed by atoms with Crippen LogP contribution in [-0.4, -0.2) is 17.5 Å². The van der Waals surface area contributed by atoms with Crippen LogP contribution in [0.1, 0.15) is 35.0 Å². The fraction of sp³-hybridized carbons (Fsp3) is 0.444. The van der Waals surface area contributed by atoms with Crippen molar-refractivity contribution in [2.75, 3.05) is 11.9 Å². The molecule has 1 unspecified atom stereocenters. The molecule has 0 saturated carbocycles. The first kappa shape index (κ1) is 17.2. The molecule has 0 spiro atoms. The average Bonchev–Trinajstić information content (AvgIpc) is 2.91. The number of thiazole rings is 1. The van der Waals surface area contributed by atoms with Crippen LogP contribution >= 0.6 is 22.9 Å². The Morgan fingerprint density at radius 3 is 2.83 bits per heavy atom. The summed E-state index contributed by atoms with van der Waals surface area (Å²) in [6.45, 7) is 6.05. The second-order valence-electron chi connectivity index (χ2n) is 6.44. The minimum absolute atomic E-state index is 0.0405. The SMILES string of the molecule is Cc1cc(OCC(=O)Nc2nc3c(s2)CC(C)CC3)cc(C)c1Cl. The maximum atomic E-state index is 12.1. The summed E-state index contributed by atoms with van der Waals surface area (Å²) < 4.78 is 5.58. The number of aromatic nitrogens is 1. The second kappa shape index (κ2) is 7.11. The van der Waals surface area contributed by atoms with E-state index in [9.17, 15) is 4.79 Å². The number of hydrogen-bond donors (Lipinski definition) is 1. The maximum Gasteiger partial charge on any atom is 0.264 e. The second-order valence-corrected chi connectivity index (χ2v) is 7.91. The topological polar surface area (TPSA) is 51.2 Å². The van der Waals surface area contributed by atoms with Crippen LogP contribution in [-0.2, 0) is 17.6 Å². The first-order valence-electron chi connectivity index (χ1n) is 8.10. The smallest absolute Gasteiger partial charge is 0.264 e. The van der Waals surface area contributed by atoms with E-state index in [1.165, 1.54) is 11.3 Å². The summed E-state index contributed by atoms with van der Waals surface area (Å²) in [4.78, 5) is 17.9. The van der Waals surface area contributed by atoms with E-state index in [1.807, 2.05) is 26.0 Å². The van der Waals surface area contributed by atoms with Gasteiger partial charge in [-0.15, -0.1) is 11.3 Å². The number of fused-ring (bicyclic) bond motifs is 1. The van der Waals surface area contributed by atoms with Crippen LogP contribution < -0.4 is 10.1 Å². The number of carbonyl (C=O) groups is 1. The van der Waals surface area contributed by atoms with Gasteiger partial charge in [0.25, 0.3) is 5.91 Å². The molecule has 1 aliphatic carbocycles. The van der Waals surface area contributed by atoms with Crippen molar-refractivity contribution >= 4 is 34.0 Å². The lowest BCUT2D eigenvalue weighted by Gasteiger charge is -2.15. The molecule has 0 saturated heterocycles. The number of ether oxygens (including phenoxy) is 1. The highest BCUT2D eigenvalue weighted by Crippen LogP contribution is 2.32. The third kappa shape index (κ3) is 3.90. The molecule has 1 N–H and O–H groups in total. The Morgan fingerprint density at radius 2 is 2.12 bits per heavy atom.